The number of ether oxygens (including phenoxy) is 2. The van der Waals surface area contributed by atoms with E-state index in [2.05, 4.69) is 15.0 Å². The monoisotopic (exact) mass is 402 g/mol. The lowest BCUT2D eigenvalue weighted by Crippen LogP contribution is -2.18. The third-order valence-electron chi connectivity index (χ3n) is 5.61. The molecule has 30 heavy (non-hydrogen) atoms. The van der Waals surface area contributed by atoms with Gasteiger partial charge in [-0.25, -0.2) is 4.98 Å². The number of aryl methyl sites for hydroxylation is 1. The topological polar surface area (TPSA) is 79.1 Å². The highest BCUT2D eigenvalue weighted by Crippen LogP contribution is 2.40. The van der Waals surface area contributed by atoms with Gasteiger partial charge in [-0.1, -0.05) is 0 Å². The van der Waals surface area contributed by atoms with E-state index in [4.69, 9.17) is 9.47 Å². The number of pyridine rings is 2. The molecule has 0 saturated heterocycles. The first-order valence-corrected chi connectivity index (χ1v) is 10.0. The van der Waals surface area contributed by atoms with Crippen LogP contribution in [0.1, 0.15) is 30.1 Å². The fourth-order valence-electron chi connectivity index (χ4n) is 3.94. The first-order valence-electron chi connectivity index (χ1n) is 10.0. The fourth-order valence-corrected chi connectivity index (χ4v) is 3.94. The molecule has 1 aliphatic carbocycles. The predicted octanol–water partition coefficient (Wildman–Crippen LogP) is 3.20. The predicted molar refractivity (Wildman–Crippen MR) is 113 cm³/mol. The van der Waals surface area contributed by atoms with Gasteiger partial charge in [0.25, 0.3) is 5.56 Å². The Hall–Kier alpha value is -3.48. The van der Waals surface area contributed by atoms with Crippen molar-refractivity contribution in [2.24, 2.45) is 0 Å². The second kappa shape index (κ2) is 7.40. The van der Waals surface area contributed by atoms with Crippen molar-refractivity contribution in [2.75, 3.05) is 13.7 Å². The van der Waals surface area contributed by atoms with Crippen molar-refractivity contribution >= 4 is 5.57 Å². The molecular formula is C23H22N4O3. The van der Waals surface area contributed by atoms with Crippen molar-refractivity contribution in [1.82, 2.24) is 19.5 Å². The molecule has 3 aromatic heterocycles. The molecule has 0 fully saturated rings. The van der Waals surface area contributed by atoms with Crippen LogP contribution in [0.15, 0.2) is 47.0 Å². The zero-order valence-corrected chi connectivity index (χ0v) is 17.0. The molecule has 0 spiro atoms. The van der Waals surface area contributed by atoms with Crippen LogP contribution in [0.25, 0.3) is 16.7 Å². The number of fused-ring (bicyclic) bond motifs is 1. The van der Waals surface area contributed by atoms with Gasteiger partial charge in [-0.05, 0) is 55.5 Å². The smallest absolute Gasteiger partial charge is 0.250 e. The van der Waals surface area contributed by atoms with Gasteiger partial charge in [0.15, 0.2) is 0 Å². The van der Waals surface area contributed by atoms with Crippen LogP contribution in [0.4, 0.5) is 0 Å². The Bertz CT molecular complexity index is 1210. The Morgan fingerprint density at radius 1 is 1.10 bits per heavy atom. The van der Waals surface area contributed by atoms with Crippen LogP contribution < -0.4 is 15.0 Å². The molecule has 152 valence electrons. The molecule has 0 amide bonds. The van der Waals surface area contributed by atoms with Crippen LogP contribution in [-0.2, 0) is 13.0 Å². The maximum Gasteiger partial charge on any atom is 0.250 e. The lowest BCUT2D eigenvalue weighted by molar-refractivity contribution is 0.342. The molecular weight excluding hydrogens is 380 g/mol. The van der Waals surface area contributed by atoms with Crippen molar-refractivity contribution < 1.29 is 9.47 Å². The van der Waals surface area contributed by atoms with E-state index in [0.717, 1.165) is 54.1 Å². The Morgan fingerprint density at radius 3 is 2.80 bits per heavy atom. The molecule has 0 N–H and O–H groups in total. The minimum Gasteiger partial charge on any atom is -0.495 e. The maximum atomic E-state index is 12.1. The average molecular weight is 402 g/mol. The van der Waals surface area contributed by atoms with Gasteiger partial charge >= 0.3 is 0 Å². The van der Waals surface area contributed by atoms with Gasteiger partial charge in [0.1, 0.15) is 18.2 Å². The average Bonchev–Trinajstić information content (AvgIpc) is 3.37. The minimum absolute atomic E-state index is 0.0431. The van der Waals surface area contributed by atoms with E-state index < -0.39 is 0 Å². The van der Waals surface area contributed by atoms with E-state index in [9.17, 15) is 4.79 Å². The van der Waals surface area contributed by atoms with Gasteiger partial charge in [0, 0.05) is 30.1 Å². The first-order chi connectivity index (χ1) is 14.6. The number of rotatable bonds is 6. The molecule has 5 rings (SSSR count). The van der Waals surface area contributed by atoms with Crippen molar-refractivity contribution in [3.63, 3.8) is 0 Å². The summed E-state index contributed by atoms with van der Waals surface area (Å²) in [5, 5.41) is 0. The fraction of sp³-hybridized carbons (Fsp3) is 0.304. The zero-order valence-electron chi connectivity index (χ0n) is 17.0. The Kier molecular flexibility index (Phi) is 4.58. The van der Waals surface area contributed by atoms with Gasteiger partial charge in [0.2, 0.25) is 5.88 Å². The largest absolute Gasteiger partial charge is 0.495 e. The molecule has 0 atom stereocenters. The number of hydrogen-bond donors (Lipinski definition) is 0. The quantitative estimate of drug-likeness (QED) is 0.630. The summed E-state index contributed by atoms with van der Waals surface area (Å²) < 4.78 is 13.1. The number of methoxy groups -OCH3 is 1. The third kappa shape index (κ3) is 3.36. The zero-order chi connectivity index (χ0) is 20.7. The molecule has 0 radical (unpaired) electrons. The Morgan fingerprint density at radius 2 is 2.00 bits per heavy atom. The van der Waals surface area contributed by atoms with Gasteiger partial charge in [-0.15, -0.1) is 0 Å². The second-order valence-electron chi connectivity index (χ2n) is 7.55. The number of nitrogens with zero attached hydrogens (tertiary/aromatic N) is 4. The normalized spacial score (nSPS) is 14.6. The van der Waals surface area contributed by atoms with E-state index >= 15 is 0 Å². The van der Waals surface area contributed by atoms with Gasteiger partial charge < -0.3 is 14.0 Å². The van der Waals surface area contributed by atoms with Crippen LogP contribution >= 0.6 is 0 Å². The molecule has 0 unspecified atom stereocenters. The SMILES string of the molecule is COc1ccc(C2=C(COc3nc(C)ncc3-c3ccc(=O)n4c3CCC4)C2)nc1. The summed E-state index contributed by atoms with van der Waals surface area (Å²) in [6.45, 7) is 3.07. The van der Waals surface area contributed by atoms with Gasteiger partial charge in [0.05, 0.1) is 24.6 Å². The van der Waals surface area contributed by atoms with E-state index in [1.54, 1.807) is 25.6 Å². The molecule has 7 nitrogen and oxygen atoms in total. The Balaban J connectivity index is 1.41. The van der Waals surface area contributed by atoms with E-state index in [1.807, 2.05) is 29.7 Å². The van der Waals surface area contributed by atoms with Crippen LogP contribution in [0.3, 0.4) is 0 Å². The molecule has 7 heteroatoms. The molecule has 4 heterocycles. The highest BCUT2D eigenvalue weighted by atomic mass is 16.5. The summed E-state index contributed by atoms with van der Waals surface area (Å²) in [5.41, 5.74) is 6.26. The van der Waals surface area contributed by atoms with Crippen LogP contribution in [-0.4, -0.2) is 33.2 Å². The summed E-state index contributed by atoms with van der Waals surface area (Å²) in [7, 11) is 1.63. The lowest BCUT2D eigenvalue weighted by atomic mass is 10.1. The molecule has 0 aromatic carbocycles. The van der Waals surface area contributed by atoms with Gasteiger partial charge in [-0.3, -0.25) is 9.78 Å². The van der Waals surface area contributed by atoms with Crippen molar-refractivity contribution in [1.29, 1.82) is 0 Å². The Labute approximate surface area is 174 Å². The summed E-state index contributed by atoms with van der Waals surface area (Å²) in [6.07, 6.45) is 6.25. The minimum atomic E-state index is 0.0431. The van der Waals surface area contributed by atoms with Crippen LogP contribution in [0.2, 0.25) is 0 Å². The number of aromatic nitrogens is 4. The van der Waals surface area contributed by atoms with Crippen molar-refractivity contribution in [2.45, 2.75) is 32.7 Å². The molecule has 3 aromatic rings. The summed E-state index contributed by atoms with van der Waals surface area (Å²) in [6, 6.07) is 7.36. The first kappa shape index (κ1) is 18.5. The molecule has 0 bridgehead atoms. The molecule has 2 aliphatic rings. The molecule has 1 aliphatic heterocycles. The van der Waals surface area contributed by atoms with Crippen LogP contribution in [0.5, 0.6) is 11.6 Å². The summed E-state index contributed by atoms with van der Waals surface area (Å²) in [5.74, 6) is 1.95. The highest BCUT2D eigenvalue weighted by molar-refractivity contribution is 5.81. The maximum absolute atomic E-state index is 12.1. The van der Waals surface area contributed by atoms with E-state index in [-0.39, 0.29) is 5.56 Å². The molecule has 0 saturated carbocycles. The third-order valence-corrected chi connectivity index (χ3v) is 5.61. The standard InChI is InChI=1S/C23H22N4O3/c1-14-24-12-19(17-6-8-22(28)27-9-3-4-21(17)27)23(26-14)30-13-15-10-18(15)20-7-5-16(29-2)11-25-20/h5-8,11-12H,3-4,9-10,13H2,1-2H3. The van der Waals surface area contributed by atoms with Crippen molar-refractivity contribution in [3.8, 4) is 22.8 Å². The number of allylic oxidation sites excluding steroid dienone is 1. The second-order valence-corrected chi connectivity index (χ2v) is 7.55. The number of hydrogen-bond acceptors (Lipinski definition) is 6. The van der Waals surface area contributed by atoms with E-state index in [1.165, 1.54) is 11.1 Å². The van der Waals surface area contributed by atoms with Gasteiger partial charge in [-0.2, -0.15) is 4.98 Å². The highest BCUT2D eigenvalue weighted by Gasteiger charge is 2.26. The van der Waals surface area contributed by atoms with Crippen molar-refractivity contribution in [3.05, 3.63) is 69.8 Å². The lowest BCUT2D eigenvalue weighted by Gasteiger charge is -2.13. The summed E-state index contributed by atoms with van der Waals surface area (Å²) >= 11 is 0. The van der Waals surface area contributed by atoms with E-state index in [0.29, 0.717) is 18.3 Å². The summed E-state index contributed by atoms with van der Waals surface area (Å²) in [4.78, 5) is 25.5. The van der Waals surface area contributed by atoms with Crippen LogP contribution in [0, 0.1) is 6.92 Å².